The van der Waals surface area contributed by atoms with Crippen molar-refractivity contribution in [3.63, 3.8) is 0 Å². The van der Waals surface area contributed by atoms with Crippen molar-refractivity contribution in [2.24, 2.45) is 11.7 Å². The predicted octanol–water partition coefficient (Wildman–Crippen LogP) is 2.24. The topological polar surface area (TPSA) is 59.5 Å². The van der Waals surface area contributed by atoms with E-state index < -0.39 is 0 Å². The van der Waals surface area contributed by atoms with Gasteiger partial charge in [0.15, 0.2) is 4.67 Å². The molecule has 2 unspecified atom stereocenters. The maximum atomic E-state index is 12.2. The standard InChI is InChI=1S/C12H17BrN2O2/c1-2-8-7-15(5-3-10(8)14)12(16)9-4-6-17-11(9)13/h4,6,8,10H,2-3,5,7,14H2,1H3. The molecule has 2 atom stereocenters. The summed E-state index contributed by atoms with van der Waals surface area (Å²) >= 11 is 3.24. The Morgan fingerprint density at radius 3 is 3.06 bits per heavy atom. The lowest BCUT2D eigenvalue weighted by Gasteiger charge is -2.36. The SMILES string of the molecule is CCC1CN(C(=O)c2ccoc2Br)CCC1N. The number of likely N-dealkylation sites (tertiary alicyclic amines) is 1. The van der Waals surface area contributed by atoms with E-state index in [-0.39, 0.29) is 11.9 Å². The van der Waals surface area contributed by atoms with Gasteiger partial charge in [0.25, 0.3) is 5.91 Å². The van der Waals surface area contributed by atoms with Crippen LogP contribution in [0.1, 0.15) is 30.1 Å². The van der Waals surface area contributed by atoms with Crippen molar-refractivity contribution in [2.45, 2.75) is 25.8 Å². The summed E-state index contributed by atoms with van der Waals surface area (Å²) in [5.41, 5.74) is 6.63. The van der Waals surface area contributed by atoms with E-state index in [1.54, 1.807) is 6.07 Å². The fraction of sp³-hybridized carbons (Fsp3) is 0.583. The van der Waals surface area contributed by atoms with Crippen LogP contribution in [0.5, 0.6) is 0 Å². The van der Waals surface area contributed by atoms with Crippen LogP contribution in [0.4, 0.5) is 0 Å². The lowest BCUT2D eigenvalue weighted by molar-refractivity contribution is 0.0647. The Morgan fingerprint density at radius 2 is 2.47 bits per heavy atom. The second kappa shape index (κ2) is 5.23. The van der Waals surface area contributed by atoms with Crippen molar-refractivity contribution in [1.29, 1.82) is 0 Å². The molecule has 1 fully saturated rings. The first kappa shape index (κ1) is 12.6. The molecule has 2 heterocycles. The molecule has 94 valence electrons. The van der Waals surface area contributed by atoms with Gasteiger partial charge in [-0.1, -0.05) is 13.3 Å². The molecule has 1 aliphatic heterocycles. The molecule has 1 aromatic rings. The minimum absolute atomic E-state index is 0.0241. The molecule has 0 aliphatic carbocycles. The molecule has 0 radical (unpaired) electrons. The monoisotopic (exact) mass is 300 g/mol. The Balaban J connectivity index is 2.09. The van der Waals surface area contributed by atoms with Crippen LogP contribution in [0.3, 0.4) is 0 Å². The number of hydrogen-bond acceptors (Lipinski definition) is 3. The number of furan rings is 1. The zero-order valence-corrected chi connectivity index (χ0v) is 11.4. The summed E-state index contributed by atoms with van der Waals surface area (Å²) in [6.45, 7) is 3.59. The fourth-order valence-corrected chi connectivity index (χ4v) is 2.69. The van der Waals surface area contributed by atoms with Gasteiger partial charge in [-0.2, -0.15) is 0 Å². The first-order valence-electron chi connectivity index (χ1n) is 5.91. The Hall–Kier alpha value is -0.810. The van der Waals surface area contributed by atoms with E-state index in [0.717, 1.165) is 25.9 Å². The lowest BCUT2D eigenvalue weighted by Crippen LogP contribution is -2.49. The maximum Gasteiger partial charge on any atom is 0.258 e. The first-order chi connectivity index (χ1) is 8.13. The highest BCUT2D eigenvalue weighted by Gasteiger charge is 2.29. The molecular weight excluding hydrogens is 284 g/mol. The van der Waals surface area contributed by atoms with E-state index in [0.29, 0.717) is 16.2 Å². The summed E-state index contributed by atoms with van der Waals surface area (Å²) < 4.78 is 5.60. The quantitative estimate of drug-likeness (QED) is 0.911. The van der Waals surface area contributed by atoms with Crippen LogP contribution in [-0.2, 0) is 0 Å². The second-order valence-corrected chi connectivity index (χ2v) is 5.20. The van der Waals surface area contributed by atoms with Gasteiger partial charge < -0.3 is 15.1 Å². The maximum absolute atomic E-state index is 12.2. The molecule has 0 spiro atoms. The van der Waals surface area contributed by atoms with Crippen LogP contribution in [0, 0.1) is 5.92 Å². The number of carbonyl (C=O) groups excluding carboxylic acids is 1. The van der Waals surface area contributed by atoms with Crippen molar-refractivity contribution in [3.8, 4) is 0 Å². The summed E-state index contributed by atoms with van der Waals surface area (Å²) in [4.78, 5) is 14.1. The minimum Gasteiger partial charge on any atom is -0.457 e. The van der Waals surface area contributed by atoms with Crippen molar-refractivity contribution in [2.75, 3.05) is 13.1 Å². The molecule has 0 aromatic carbocycles. The summed E-state index contributed by atoms with van der Waals surface area (Å²) in [6.07, 6.45) is 3.40. The third kappa shape index (κ3) is 2.55. The van der Waals surface area contributed by atoms with Crippen molar-refractivity contribution >= 4 is 21.8 Å². The predicted molar refractivity (Wildman–Crippen MR) is 68.7 cm³/mol. The molecular formula is C12H17BrN2O2. The second-order valence-electron chi connectivity index (χ2n) is 4.48. The number of rotatable bonds is 2. The van der Waals surface area contributed by atoms with E-state index in [9.17, 15) is 4.79 Å². The van der Waals surface area contributed by atoms with Crippen LogP contribution < -0.4 is 5.73 Å². The van der Waals surface area contributed by atoms with E-state index in [1.807, 2.05) is 4.90 Å². The van der Waals surface area contributed by atoms with Gasteiger partial charge in [-0.15, -0.1) is 0 Å². The summed E-state index contributed by atoms with van der Waals surface area (Å²) in [7, 11) is 0. The first-order valence-corrected chi connectivity index (χ1v) is 6.70. The highest BCUT2D eigenvalue weighted by molar-refractivity contribution is 9.10. The molecule has 2 N–H and O–H groups in total. The molecule has 0 bridgehead atoms. The number of hydrogen-bond donors (Lipinski definition) is 1. The summed E-state index contributed by atoms with van der Waals surface area (Å²) in [5.74, 6) is 0.425. The van der Waals surface area contributed by atoms with Crippen molar-refractivity contribution in [3.05, 3.63) is 22.6 Å². The molecule has 17 heavy (non-hydrogen) atoms. The highest BCUT2D eigenvalue weighted by atomic mass is 79.9. The van der Waals surface area contributed by atoms with E-state index in [1.165, 1.54) is 6.26 Å². The summed E-state index contributed by atoms with van der Waals surface area (Å²) in [6, 6.07) is 1.92. The van der Waals surface area contributed by atoms with Gasteiger partial charge in [0.05, 0.1) is 11.8 Å². The number of nitrogens with zero attached hydrogens (tertiary/aromatic N) is 1. The van der Waals surface area contributed by atoms with Crippen LogP contribution in [-0.4, -0.2) is 29.9 Å². The Bertz CT molecular complexity index is 405. The van der Waals surface area contributed by atoms with Crippen LogP contribution in [0.25, 0.3) is 0 Å². The zero-order valence-electron chi connectivity index (χ0n) is 9.86. The van der Waals surface area contributed by atoms with Crippen LogP contribution in [0.2, 0.25) is 0 Å². The Labute approximate surface area is 109 Å². The molecule has 4 nitrogen and oxygen atoms in total. The van der Waals surface area contributed by atoms with Gasteiger partial charge in [0.1, 0.15) is 0 Å². The van der Waals surface area contributed by atoms with Crippen molar-refractivity contribution < 1.29 is 9.21 Å². The molecule has 0 saturated carbocycles. The summed E-state index contributed by atoms with van der Waals surface area (Å²) in [5, 5.41) is 0. The van der Waals surface area contributed by atoms with Gasteiger partial charge in [0, 0.05) is 19.1 Å². The molecule has 1 saturated heterocycles. The van der Waals surface area contributed by atoms with Crippen molar-refractivity contribution in [1.82, 2.24) is 4.90 Å². The average Bonchev–Trinajstić information content (AvgIpc) is 2.75. The third-order valence-corrected chi connectivity index (χ3v) is 4.07. The van der Waals surface area contributed by atoms with E-state index in [4.69, 9.17) is 10.2 Å². The molecule has 1 amide bonds. The van der Waals surface area contributed by atoms with Crippen LogP contribution >= 0.6 is 15.9 Å². The lowest BCUT2D eigenvalue weighted by atomic mass is 9.90. The zero-order chi connectivity index (χ0) is 12.4. The van der Waals surface area contributed by atoms with Crippen LogP contribution in [0.15, 0.2) is 21.4 Å². The Kier molecular flexibility index (Phi) is 3.89. The van der Waals surface area contributed by atoms with Gasteiger partial charge in [-0.05, 0) is 34.3 Å². The van der Waals surface area contributed by atoms with E-state index in [2.05, 4.69) is 22.9 Å². The largest absolute Gasteiger partial charge is 0.457 e. The fourth-order valence-electron chi connectivity index (χ4n) is 2.28. The smallest absolute Gasteiger partial charge is 0.258 e. The van der Waals surface area contributed by atoms with Gasteiger partial charge in [0.2, 0.25) is 0 Å². The Morgan fingerprint density at radius 1 is 1.71 bits per heavy atom. The average molecular weight is 301 g/mol. The molecule has 1 aliphatic rings. The normalized spacial score (nSPS) is 25.0. The third-order valence-electron chi connectivity index (χ3n) is 3.45. The number of amides is 1. The van der Waals surface area contributed by atoms with Gasteiger partial charge in [-0.25, -0.2) is 0 Å². The highest BCUT2D eigenvalue weighted by Crippen LogP contribution is 2.24. The van der Waals surface area contributed by atoms with Gasteiger partial charge in [-0.3, -0.25) is 4.79 Å². The number of piperidine rings is 1. The molecule has 1 aromatic heterocycles. The number of nitrogens with two attached hydrogens (primary N) is 1. The minimum atomic E-state index is 0.0241. The van der Waals surface area contributed by atoms with E-state index >= 15 is 0 Å². The molecule has 2 rings (SSSR count). The number of halogens is 1. The number of carbonyl (C=O) groups is 1. The van der Waals surface area contributed by atoms with Gasteiger partial charge >= 0.3 is 0 Å². The molecule has 5 heteroatoms.